The van der Waals surface area contributed by atoms with Crippen LogP contribution in [0.5, 0.6) is 0 Å². The van der Waals surface area contributed by atoms with Crippen molar-refractivity contribution in [3.63, 3.8) is 0 Å². The van der Waals surface area contributed by atoms with E-state index in [1.54, 1.807) is 28.8 Å². The average Bonchev–Trinajstić information content (AvgIpc) is 3.29. The van der Waals surface area contributed by atoms with Crippen LogP contribution in [0.15, 0.2) is 64.3 Å². The Hall–Kier alpha value is -3.51. The summed E-state index contributed by atoms with van der Waals surface area (Å²) >= 11 is 5.96. The minimum Gasteiger partial charge on any atom is -0.361 e. The highest BCUT2D eigenvalue weighted by Crippen LogP contribution is 2.21. The Morgan fingerprint density at radius 3 is 2.52 bits per heavy atom. The lowest BCUT2D eigenvalue weighted by Gasteiger charge is -2.10. The Balaban J connectivity index is 1.55. The molecule has 0 fully saturated rings. The SMILES string of the molecule is Cc1ccc2[nH]cc(CCn3c(C)c4c(=O)n(-c5ccc(Cl)cc5)[nH]c4cc3=O)c2c1. The lowest BCUT2D eigenvalue weighted by atomic mass is 10.1. The Morgan fingerprint density at radius 2 is 1.74 bits per heavy atom. The van der Waals surface area contributed by atoms with Crippen molar-refractivity contribution in [2.75, 3.05) is 0 Å². The van der Waals surface area contributed by atoms with Gasteiger partial charge in [-0.15, -0.1) is 0 Å². The minimum absolute atomic E-state index is 0.134. The molecule has 31 heavy (non-hydrogen) atoms. The fourth-order valence-corrected chi connectivity index (χ4v) is 4.32. The van der Waals surface area contributed by atoms with Gasteiger partial charge >= 0.3 is 0 Å². The van der Waals surface area contributed by atoms with E-state index in [1.165, 1.54) is 21.7 Å². The van der Waals surface area contributed by atoms with E-state index in [4.69, 9.17) is 11.6 Å². The Kier molecular flexibility index (Phi) is 4.59. The van der Waals surface area contributed by atoms with Crippen molar-refractivity contribution in [1.29, 1.82) is 0 Å². The molecule has 3 heterocycles. The fraction of sp³-hybridized carbons (Fsp3) is 0.167. The minimum atomic E-state index is -0.189. The third-order valence-electron chi connectivity index (χ3n) is 5.83. The van der Waals surface area contributed by atoms with Crippen molar-refractivity contribution in [3.8, 4) is 5.69 Å². The number of hydrogen-bond donors (Lipinski definition) is 2. The van der Waals surface area contributed by atoms with Crippen molar-refractivity contribution in [2.24, 2.45) is 0 Å². The van der Waals surface area contributed by atoms with E-state index in [0.29, 0.717) is 40.3 Å². The first-order chi connectivity index (χ1) is 14.9. The summed E-state index contributed by atoms with van der Waals surface area (Å²) in [4.78, 5) is 29.3. The van der Waals surface area contributed by atoms with E-state index in [-0.39, 0.29) is 11.1 Å². The molecule has 0 spiro atoms. The Bertz CT molecular complexity index is 1550. The molecule has 5 aromatic rings. The molecule has 0 aliphatic rings. The van der Waals surface area contributed by atoms with Gasteiger partial charge in [0, 0.05) is 40.4 Å². The standard InChI is InChI=1S/C24H21ClN4O2/c1-14-3-8-20-19(11-14)16(13-26-20)9-10-28-15(2)23-21(12-22(28)30)27-29(24(23)31)18-6-4-17(25)5-7-18/h3-8,11-13,26-27H,9-10H2,1-2H3. The zero-order valence-corrected chi connectivity index (χ0v) is 18.0. The Morgan fingerprint density at radius 1 is 0.968 bits per heavy atom. The van der Waals surface area contributed by atoms with Gasteiger partial charge in [-0.2, -0.15) is 0 Å². The number of fused-ring (bicyclic) bond motifs is 2. The molecule has 0 atom stereocenters. The first-order valence-corrected chi connectivity index (χ1v) is 10.5. The van der Waals surface area contributed by atoms with Gasteiger partial charge in [0.2, 0.25) is 0 Å². The number of aryl methyl sites for hydroxylation is 3. The zero-order valence-electron chi connectivity index (χ0n) is 17.2. The number of rotatable bonds is 4. The second kappa shape index (κ2) is 7.32. The number of pyridine rings is 1. The molecule has 5 rings (SSSR count). The molecule has 2 aromatic carbocycles. The molecule has 0 aliphatic heterocycles. The van der Waals surface area contributed by atoms with E-state index in [1.807, 2.05) is 13.1 Å². The first kappa shape index (κ1) is 19.5. The summed E-state index contributed by atoms with van der Waals surface area (Å²) in [7, 11) is 0. The average molecular weight is 433 g/mol. The molecule has 0 unspecified atom stereocenters. The quantitative estimate of drug-likeness (QED) is 0.439. The molecule has 7 heteroatoms. The van der Waals surface area contributed by atoms with Crippen molar-refractivity contribution in [2.45, 2.75) is 26.8 Å². The van der Waals surface area contributed by atoms with Crippen LogP contribution in [-0.2, 0) is 13.0 Å². The normalized spacial score (nSPS) is 11.6. The smallest absolute Gasteiger partial charge is 0.280 e. The molecule has 0 radical (unpaired) electrons. The van der Waals surface area contributed by atoms with Crippen LogP contribution in [0, 0.1) is 13.8 Å². The number of aromatic amines is 2. The molecule has 0 bridgehead atoms. The molecular weight excluding hydrogens is 412 g/mol. The molecule has 156 valence electrons. The molecule has 6 nitrogen and oxygen atoms in total. The van der Waals surface area contributed by atoms with Crippen LogP contribution in [0.2, 0.25) is 5.02 Å². The van der Waals surface area contributed by atoms with Gasteiger partial charge in [-0.1, -0.05) is 23.2 Å². The van der Waals surface area contributed by atoms with Gasteiger partial charge in [0.15, 0.2) is 0 Å². The van der Waals surface area contributed by atoms with Crippen molar-refractivity contribution >= 4 is 33.4 Å². The predicted octanol–water partition coefficient (Wildman–Crippen LogP) is 4.47. The summed E-state index contributed by atoms with van der Waals surface area (Å²) in [6, 6.07) is 14.8. The molecular formula is C24H21ClN4O2. The van der Waals surface area contributed by atoms with Crippen LogP contribution in [0.1, 0.15) is 16.8 Å². The molecule has 0 saturated heterocycles. The molecule has 2 N–H and O–H groups in total. The van der Waals surface area contributed by atoms with Crippen LogP contribution in [0.4, 0.5) is 0 Å². The number of hydrogen-bond acceptors (Lipinski definition) is 2. The van der Waals surface area contributed by atoms with Gasteiger partial charge < -0.3 is 9.55 Å². The van der Waals surface area contributed by atoms with Crippen LogP contribution < -0.4 is 11.1 Å². The second-order valence-electron chi connectivity index (χ2n) is 7.85. The van der Waals surface area contributed by atoms with Crippen molar-refractivity contribution < 1.29 is 0 Å². The van der Waals surface area contributed by atoms with Crippen LogP contribution in [0.3, 0.4) is 0 Å². The van der Waals surface area contributed by atoms with Crippen LogP contribution in [-0.4, -0.2) is 19.3 Å². The highest BCUT2D eigenvalue weighted by atomic mass is 35.5. The maximum absolute atomic E-state index is 13.1. The van der Waals surface area contributed by atoms with E-state index >= 15 is 0 Å². The molecule has 3 aromatic heterocycles. The second-order valence-corrected chi connectivity index (χ2v) is 8.29. The Labute approximate surface area is 182 Å². The summed E-state index contributed by atoms with van der Waals surface area (Å²) in [5.41, 5.74) is 4.96. The van der Waals surface area contributed by atoms with E-state index < -0.39 is 0 Å². The number of halogens is 1. The maximum atomic E-state index is 13.1. The number of H-pyrrole nitrogens is 2. The number of benzene rings is 2. The fourth-order valence-electron chi connectivity index (χ4n) is 4.19. The van der Waals surface area contributed by atoms with Crippen molar-refractivity contribution in [3.05, 3.63) is 97.3 Å². The largest absolute Gasteiger partial charge is 0.361 e. The summed E-state index contributed by atoms with van der Waals surface area (Å²) in [5.74, 6) is 0. The van der Waals surface area contributed by atoms with Crippen LogP contribution >= 0.6 is 11.6 Å². The van der Waals surface area contributed by atoms with Gasteiger partial charge in [-0.25, -0.2) is 4.68 Å². The maximum Gasteiger partial charge on any atom is 0.280 e. The number of nitrogens with one attached hydrogen (secondary N) is 2. The van der Waals surface area contributed by atoms with Gasteiger partial charge in [-0.3, -0.25) is 14.7 Å². The van der Waals surface area contributed by atoms with Gasteiger partial charge in [0.05, 0.1) is 16.6 Å². The van der Waals surface area contributed by atoms with Gasteiger partial charge in [0.1, 0.15) is 0 Å². The third kappa shape index (κ3) is 3.29. The summed E-state index contributed by atoms with van der Waals surface area (Å²) in [5, 5.41) is 5.33. The zero-order chi connectivity index (χ0) is 21.7. The lowest BCUT2D eigenvalue weighted by molar-refractivity contribution is 0.656. The monoisotopic (exact) mass is 432 g/mol. The summed E-state index contributed by atoms with van der Waals surface area (Å²) in [6.07, 6.45) is 2.68. The highest BCUT2D eigenvalue weighted by molar-refractivity contribution is 6.30. The topological polar surface area (TPSA) is 75.6 Å². The first-order valence-electron chi connectivity index (χ1n) is 10.1. The number of aromatic nitrogens is 4. The lowest BCUT2D eigenvalue weighted by Crippen LogP contribution is -2.24. The highest BCUT2D eigenvalue weighted by Gasteiger charge is 2.15. The van der Waals surface area contributed by atoms with Gasteiger partial charge in [0.25, 0.3) is 11.1 Å². The molecule has 0 amide bonds. The van der Waals surface area contributed by atoms with E-state index in [9.17, 15) is 9.59 Å². The number of nitrogens with zero attached hydrogens (tertiary/aromatic N) is 2. The predicted molar refractivity (Wildman–Crippen MR) is 125 cm³/mol. The van der Waals surface area contributed by atoms with E-state index in [0.717, 1.165) is 11.1 Å². The van der Waals surface area contributed by atoms with Gasteiger partial charge in [-0.05, 0) is 62.2 Å². The third-order valence-corrected chi connectivity index (χ3v) is 6.08. The summed E-state index contributed by atoms with van der Waals surface area (Å²) < 4.78 is 3.12. The summed E-state index contributed by atoms with van der Waals surface area (Å²) in [6.45, 7) is 4.38. The van der Waals surface area contributed by atoms with E-state index in [2.05, 4.69) is 35.2 Å². The molecule has 0 aliphatic carbocycles. The van der Waals surface area contributed by atoms with Crippen LogP contribution in [0.25, 0.3) is 27.5 Å². The van der Waals surface area contributed by atoms with Crippen molar-refractivity contribution in [1.82, 2.24) is 19.3 Å². The molecule has 0 saturated carbocycles.